The molecular formula is C29H24N2O5S. The molecule has 7 nitrogen and oxygen atoms in total. The molecule has 1 aliphatic heterocycles. The molecule has 1 saturated heterocycles. The van der Waals surface area contributed by atoms with Gasteiger partial charge in [0, 0.05) is 5.56 Å². The Labute approximate surface area is 217 Å². The van der Waals surface area contributed by atoms with Gasteiger partial charge in [-0.3, -0.25) is 14.5 Å². The summed E-state index contributed by atoms with van der Waals surface area (Å²) in [6.07, 6.45) is 1.63. The molecule has 1 aliphatic rings. The number of carbonyl (C=O) groups is 2. The number of aliphatic hydroxyl groups is 1. The molecule has 1 amide bonds. The van der Waals surface area contributed by atoms with E-state index in [0.717, 1.165) is 15.8 Å². The minimum atomic E-state index is -0.906. The van der Waals surface area contributed by atoms with Crippen molar-refractivity contribution in [3.8, 4) is 11.5 Å². The van der Waals surface area contributed by atoms with Crippen LogP contribution >= 0.6 is 11.3 Å². The van der Waals surface area contributed by atoms with E-state index in [4.69, 9.17) is 9.47 Å². The van der Waals surface area contributed by atoms with Crippen molar-refractivity contribution in [3.63, 3.8) is 0 Å². The number of nitrogens with zero attached hydrogens (tertiary/aromatic N) is 2. The van der Waals surface area contributed by atoms with Crippen molar-refractivity contribution in [2.45, 2.75) is 13.0 Å². The fourth-order valence-electron chi connectivity index (χ4n) is 4.30. The lowest BCUT2D eigenvalue weighted by Crippen LogP contribution is -2.29. The molecule has 1 N–H and O–H groups in total. The molecule has 1 atom stereocenters. The Morgan fingerprint density at radius 3 is 2.62 bits per heavy atom. The number of Topliss-reactive ketones (excluding diaryl/α,β-unsaturated/α-hetero) is 1. The number of thiazole rings is 1. The number of ketones is 1. The fraction of sp³-hybridized carbons (Fsp3) is 0.138. The van der Waals surface area contributed by atoms with Crippen molar-refractivity contribution in [2.24, 2.45) is 0 Å². The first-order valence-electron chi connectivity index (χ1n) is 11.6. The zero-order chi connectivity index (χ0) is 26.1. The van der Waals surface area contributed by atoms with Gasteiger partial charge in [-0.05, 0) is 66.6 Å². The van der Waals surface area contributed by atoms with Crippen LogP contribution in [0.4, 0.5) is 5.13 Å². The maximum atomic E-state index is 13.5. The minimum Gasteiger partial charge on any atom is -0.507 e. The second-order valence-corrected chi connectivity index (χ2v) is 9.55. The molecule has 1 aromatic heterocycles. The molecule has 8 heteroatoms. The summed E-state index contributed by atoms with van der Waals surface area (Å²) >= 11 is 1.32. The van der Waals surface area contributed by atoms with Crippen molar-refractivity contribution >= 4 is 44.1 Å². The third kappa shape index (κ3) is 4.47. The third-order valence-corrected chi connectivity index (χ3v) is 7.11. The summed E-state index contributed by atoms with van der Waals surface area (Å²) in [4.78, 5) is 32.9. The Morgan fingerprint density at radius 1 is 1.11 bits per heavy atom. The Morgan fingerprint density at radius 2 is 1.89 bits per heavy atom. The highest BCUT2D eigenvalue weighted by molar-refractivity contribution is 7.22. The largest absolute Gasteiger partial charge is 0.507 e. The van der Waals surface area contributed by atoms with Crippen LogP contribution in [0.25, 0.3) is 16.0 Å². The van der Waals surface area contributed by atoms with E-state index in [9.17, 15) is 14.7 Å². The molecular weight excluding hydrogens is 488 g/mol. The predicted molar refractivity (Wildman–Crippen MR) is 144 cm³/mol. The van der Waals surface area contributed by atoms with Crippen molar-refractivity contribution in [3.05, 3.63) is 102 Å². The quantitative estimate of drug-likeness (QED) is 0.146. The number of amides is 1. The van der Waals surface area contributed by atoms with Crippen LogP contribution in [-0.2, 0) is 9.59 Å². The Kier molecular flexibility index (Phi) is 6.50. The second kappa shape index (κ2) is 9.91. The van der Waals surface area contributed by atoms with Gasteiger partial charge in [-0.1, -0.05) is 42.2 Å². The van der Waals surface area contributed by atoms with E-state index in [2.05, 4.69) is 11.6 Å². The van der Waals surface area contributed by atoms with E-state index >= 15 is 0 Å². The van der Waals surface area contributed by atoms with Crippen LogP contribution in [0.1, 0.15) is 22.7 Å². The fourth-order valence-corrected chi connectivity index (χ4v) is 5.39. The average Bonchev–Trinajstić information content (AvgIpc) is 3.44. The Balaban J connectivity index is 1.70. The first-order chi connectivity index (χ1) is 17.9. The van der Waals surface area contributed by atoms with Crippen LogP contribution in [0.15, 0.2) is 85.0 Å². The lowest BCUT2D eigenvalue weighted by molar-refractivity contribution is -0.132. The Bertz CT molecular complexity index is 1550. The summed E-state index contributed by atoms with van der Waals surface area (Å²) in [6, 6.07) is 18.7. The van der Waals surface area contributed by atoms with Crippen LogP contribution in [0.5, 0.6) is 11.5 Å². The van der Waals surface area contributed by atoms with E-state index in [1.807, 2.05) is 25.1 Å². The SMILES string of the molecule is C=CCOc1cccc([C@H]2/C(=C(\O)c3ccc(OC)cc3)C(=O)C(=O)N2c2nc3ccc(C)cc3s2)c1. The van der Waals surface area contributed by atoms with Gasteiger partial charge in [0.2, 0.25) is 0 Å². The van der Waals surface area contributed by atoms with Crippen LogP contribution in [0, 0.1) is 6.92 Å². The molecule has 2 heterocycles. The number of methoxy groups -OCH3 is 1. The molecule has 0 spiro atoms. The van der Waals surface area contributed by atoms with Gasteiger partial charge >= 0.3 is 5.91 Å². The number of carbonyl (C=O) groups excluding carboxylic acids is 2. The van der Waals surface area contributed by atoms with Crippen LogP contribution in [0.2, 0.25) is 0 Å². The van der Waals surface area contributed by atoms with Gasteiger partial charge in [0.1, 0.15) is 23.9 Å². The zero-order valence-electron chi connectivity index (χ0n) is 20.3. The van der Waals surface area contributed by atoms with E-state index in [1.54, 1.807) is 61.7 Å². The molecule has 0 unspecified atom stereocenters. The molecule has 5 rings (SSSR count). The van der Waals surface area contributed by atoms with Crippen molar-refractivity contribution in [2.75, 3.05) is 18.6 Å². The lowest BCUT2D eigenvalue weighted by Gasteiger charge is -2.23. The number of aryl methyl sites for hydroxylation is 1. The summed E-state index contributed by atoms with van der Waals surface area (Å²) < 4.78 is 11.8. The Hall–Kier alpha value is -4.43. The summed E-state index contributed by atoms with van der Waals surface area (Å²) in [6.45, 7) is 5.96. The van der Waals surface area contributed by atoms with Crippen molar-refractivity contribution in [1.82, 2.24) is 4.98 Å². The van der Waals surface area contributed by atoms with E-state index in [1.165, 1.54) is 16.2 Å². The third-order valence-electron chi connectivity index (χ3n) is 6.09. The average molecular weight is 513 g/mol. The highest BCUT2D eigenvalue weighted by Gasteiger charge is 2.48. The summed E-state index contributed by atoms with van der Waals surface area (Å²) in [5.74, 6) is -0.667. The maximum absolute atomic E-state index is 13.5. The van der Waals surface area contributed by atoms with Gasteiger partial charge in [0.05, 0.1) is 28.9 Å². The molecule has 0 aliphatic carbocycles. The summed E-state index contributed by atoms with van der Waals surface area (Å²) in [5.41, 5.74) is 2.76. The van der Waals surface area contributed by atoms with Gasteiger partial charge in [-0.2, -0.15) is 0 Å². The van der Waals surface area contributed by atoms with Gasteiger partial charge < -0.3 is 14.6 Å². The number of rotatable bonds is 7. The monoisotopic (exact) mass is 512 g/mol. The van der Waals surface area contributed by atoms with Crippen LogP contribution in [-0.4, -0.2) is 35.5 Å². The number of hydrogen-bond acceptors (Lipinski definition) is 7. The zero-order valence-corrected chi connectivity index (χ0v) is 21.1. The topological polar surface area (TPSA) is 89.0 Å². The highest BCUT2D eigenvalue weighted by atomic mass is 32.1. The molecule has 4 aromatic rings. The predicted octanol–water partition coefficient (Wildman–Crippen LogP) is 5.80. The van der Waals surface area contributed by atoms with Crippen molar-refractivity contribution in [1.29, 1.82) is 0 Å². The molecule has 3 aromatic carbocycles. The maximum Gasteiger partial charge on any atom is 0.301 e. The normalized spacial score (nSPS) is 16.8. The van der Waals surface area contributed by atoms with Gasteiger partial charge in [-0.15, -0.1) is 0 Å². The van der Waals surface area contributed by atoms with E-state index < -0.39 is 17.7 Å². The summed E-state index contributed by atoms with van der Waals surface area (Å²) in [7, 11) is 1.54. The first kappa shape index (κ1) is 24.3. The first-order valence-corrected chi connectivity index (χ1v) is 12.4. The molecule has 0 saturated carbocycles. The number of aromatic nitrogens is 1. The summed E-state index contributed by atoms with van der Waals surface area (Å²) in [5, 5.41) is 11.7. The number of fused-ring (bicyclic) bond motifs is 1. The van der Waals surface area contributed by atoms with Crippen LogP contribution < -0.4 is 14.4 Å². The number of hydrogen-bond donors (Lipinski definition) is 1. The molecule has 37 heavy (non-hydrogen) atoms. The minimum absolute atomic E-state index is 0.0218. The molecule has 1 fully saturated rings. The number of aliphatic hydroxyl groups excluding tert-OH is 1. The lowest BCUT2D eigenvalue weighted by atomic mass is 9.95. The second-order valence-electron chi connectivity index (χ2n) is 8.54. The van der Waals surface area contributed by atoms with E-state index in [-0.39, 0.29) is 11.3 Å². The highest BCUT2D eigenvalue weighted by Crippen LogP contribution is 2.45. The molecule has 0 bridgehead atoms. The van der Waals surface area contributed by atoms with Gasteiger partial charge in [0.15, 0.2) is 5.13 Å². The molecule has 186 valence electrons. The number of ether oxygens (including phenoxy) is 2. The van der Waals surface area contributed by atoms with E-state index in [0.29, 0.717) is 34.4 Å². The van der Waals surface area contributed by atoms with Crippen LogP contribution in [0.3, 0.4) is 0 Å². The number of anilines is 1. The molecule has 0 radical (unpaired) electrons. The number of benzene rings is 3. The van der Waals surface area contributed by atoms with Gasteiger partial charge in [-0.25, -0.2) is 4.98 Å². The standard InChI is InChI=1S/C29H24N2O5S/c1-4-14-36-21-7-5-6-19(16-21)25-24(26(32)18-9-11-20(35-3)12-10-18)27(33)28(34)31(25)29-30-22-13-8-17(2)15-23(22)37-29/h4-13,15-16,25,32H,1,14H2,2-3H3/b26-24+/t25-/m0/s1. The smallest absolute Gasteiger partial charge is 0.301 e. The van der Waals surface area contributed by atoms with Crippen molar-refractivity contribution < 1.29 is 24.2 Å². The van der Waals surface area contributed by atoms with Gasteiger partial charge in [0.25, 0.3) is 5.78 Å².